The molecule has 12 heteroatoms. The lowest BCUT2D eigenvalue weighted by atomic mass is 9.91. The van der Waals surface area contributed by atoms with E-state index >= 15 is 0 Å². The molecule has 37 heavy (non-hydrogen) atoms. The molecule has 0 aliphatic carbocycles. The van der Waals surface area contributed by atoms with Crippen molar-refractivity contribution in [3.8, 4) is 5.88 Å². The Morgan fingerprint density at radius 1 is 1.14 bits per heavy atom. The Morgan fingerprint density at radius 2 is 1.81 bits per heavy atom. The first-order chi connectivity index (χ1) is 17.4. The number of ketones is 1. The minimum absolute atomic E-state index is 0.0632. The maximum atomic E-state index is 13.8. The predicted molar refractivity (Wildman–Crippen MR) is 136 cm³/mol. The van der Waals surface area contributed by atoms with Crippen LogP contribution in [-0.2, 0) is 31.3 Å². The van der Waals surface area contributed by atoms with E-state index in [0.717, 1.165) is 5.56 Å². The molecule has 10 nitrogen and oxygen atoms in total. The van der Waals surface area contributed by atoms with Gasteiger partial charge in [-0.25, -0.2) is 13.1 Å². The lowest BCUT2D eigenvalue weighted by molar-refractivity contribution is 0.103. The van der Waals surface area contributed by atoms with E-state index in [9.17, 15) is 21.6 Å². The standard InChI is InChI=1S/C25H27N3O7S2/c1-6-28-25(35-37(32,33)18-9-7-15(2)8-10-18)20(14-26-28)23(29)19-13-16(3)24-22(17(19)4)21(27-34-5)11-12-36(24,30)31/h7-10,13-14H,6,11-12H2,1-5H3/b27-21+. The molecule has 1 aromatic heterocycles. The second-order valence-corrected chi connectivity index (χ2v) is 12.3. The SMILES string of the molecule is CCn1ncc(C(=O)c2cc(C)c3c(c2C)/C(=N/OC)CCS3(=O)=O)c1OS(=O)(=O)c1ccc(C)cc1. The average molecular weight is 546 g/mol. The van der Waals surface area contributed by atoms with E-state index in [1.54, 1.807) is 32.9 Å². The summed E-state index contributed by atoms with van der Waals surface area (Å²) in [5.41, 5.74) is 2.52. The summed E-state index contributed by atoms with van der Waals surface area (Å²) >= 11 is 0. The minimum atomic E-state index is -4.26. The maximum Gasteiger partial charge on any atom is 0.340 e. The molecule has 0 amide bonds. The molecule has 0 N–H and O–H groups in total. The van der Waals surface area contributed by atoms with Gasteiger partial charge >= 0.3 is 10.1 Å². The summed E-state index contributed by atoms with van der Waals surface area (Å²) < 4.78 is 58.5. The fourth-order valence-corrected chi connectivity index (χ4v) is 7.13. The number of carbonyl (C=O) groups is 1. The summed E-state index contributed by atoms with van der Waals surface area (Å²) in [4.78, 5) is 18.8. The normalized spacial score (nSPS) is 15.9. The van der Waals surface area contributed by atoms with Crippen LogP contribution in [-0.4, -0.2) is 51.0 Å². The van der Waals surface area contributed by atoms with Gasteiger partial charge < -0.3 is 9.02 Å². The van der Waals surface area contributed by atoms with Crippen LogP contribution in [0.3, 0.4) is 0 Å². The molecule has 196 valence electrons. The molecule has 0 atom stereocenters. The molecule has 1 aliphatic heterocycles. The summed E-state index contributed by atoms with van der Waals surface area (Å²) in [6.45, 7) is 7.05. The fraction of sp³-hybridized carbons (Fsp3) is 0.320. The number of fused-ring (bicyclic) bond motifs is 1. The number of hydrogen-bond acceptors (Lipinski definition) is 9. The Bertz CT molecular complexity index is 1640. The van der Waals surface area contributed by atoms with Gasteiger partial charge in [0.25, 0.3) is 0 Å². The number of oxime groups is 1. The van der Waals surface area contributed by atoms with Crippen molar-refractivity contribution in [3.05, 3.63) is 69.9 Å². The molecule has 0 fully saturated rings. The molecular formula is C25H27N3O7S2. The summed E-state index contributed by atoms with van der Waals surface area (Å²) in [5.74, 6) is -0.897. The third kappa shape index (κ3) is 4.78. The van der Waals surface area contributed by atoms with E-state index in [1.165, 1.54) is 36.2 Å². The second kappa shape index (κ2) is 9.75. The van der Waals surface area contributed by atoms with Crippen LogP contribution >= 0.6 is 0 Å². The smallest absolute Gasteiger partial charge is 0.340 e. The third-order valence-electron chi connectivity index (χ3n) is 6.21. The van der Waals surface area contributed by atoms with E-state index in [4.69, 9.17) is 9.02 Å². The van der Waals surface area contributed by atoms with E-state index in [1.807, 2.05) is 6.92 Å². The van der Waals surface area contributed by atoms with Gasteiger partial charge in [-0.1, -0.05) is 22.9 Å². The fourth-order valence-electron chi connectivity index (χ4n) is 4.38. The number of aryl methyl sites for hydroxylation is 3. The van der Waals surface area contributed by atoms with Gasteiger partial charge in [0.15, 0.2) is 15.6 Å². The number of nitrogens with zero attached hydrogens (tertiary/aromatic N) is 3. The minimum Gasteiger partial charge on any atom is -0.399 e. The van der Waals surface area contributed by atoms with Crippen LogP contribution in [0, 0.1) is 20.8 Å². The van der Waals surface area contributed by atoms with E-state index in [2.05, 4.69) is 10.3 Å². The van der Waals surface area contributed by atoms with Crippen LogP contribution in [0.1, 0.15) is 51.5 Å². The van der Waals surface area contributed by atoms with Crippen molar-refractivity contribution < 1.29 is 30.7 Å². The van der Waals surface area contributed by atoms with E-state index in [0.29, 0.717) is 22.4 Å². The van der Waals surface area contributed by atoms with E-state index < -0.39 is 25.7 Å². The first-order valence-corrected chi connectivity index (χ1v) is 14.6. The Kier molecular flexibility index (Phi) is 6.99. The highest BCUT2D eigenvalue weighted by Crippen LogP contribution is 2.35. The van der Waals surface area contributed by atoms with Gasteiger partial charge in [0.05, 0.1) is 22.6 Å². The first-order valence-electron chi connectivity index (χ1n) is 11.5. The lowest BCUT2D eigenvalue weighted by Gasteiger charge is -2.23. The molecular weight excluding hydrogens is 518 g/mol. The van der Waals surface area contributed by atoms with E-state index in [-0.39, 0.29) is 45.5 Å². The summed E-state index contributed by atoms with van der Waals surface area (Å²) in [6.07, 6.45) is 1.39. The predicted octanol–water partition coefficient (Wildman–Crippen LogP) is 3.35. The lowest BCUT2D eigenvalue weighted by Crippen LogP contribution is -2.26. The third-order valence-corrected chi connectivity index (χ3v) is 9.33. The monoisotopic (exact) mass is 545 g/mol. The second-order valence-electron chi connectivity index (χ2n) is 8.72. The Hall–Kier alpha value is -3.51. The van der Waals surface area contributed by atoms with Crippen LogP contribution in [0.5, 0.6) is 5.88 Å². The Balaban J connectivity index is 1.86. The van der Waals surface area contributed by atoms with Gasteiger partial charge in [-0.05, 0) is 57.0 Å². The van der Waals surface area contributed by atoms with Crippen molar-refractivity contribution in [2.24, 2.45) is 5.16 Å². The molecule has 0 saturated heterocycles. The zero-order valence-corrected chi connectivity index (χ0v) is 22.7. The molecule has 0 bridgehead atoms. The maximum absolute atomic E-state index is 13.8. The molecule has 0 spiro atoms. The number of benzene rings is 2. The molecule has 4 rings (SSSR count). The van der Waals surface area contributed by atoms with Crippen molar-refractivity contribution >= 4 is 31.5 Å². The van der Waals surface area contributed by atoms with Gasteiger partial charge in [0.2, 0.25) is 5.88 Å². The van der Waals surface area contributed by atoms with Crippen molar-refractivity contribution in [3.63, 3.8) is 0 Å². The first kappa shape index (κ1) is 26.6. The number of sulfone groups is 1. The van der Waals surface area contributed by atoms with Gasteiger partial charge in [-0.2, -0.15) is 13.5 Å². The summed E-state index contributed by atoms with van der Waals surface area (Å²) in [5, 5.41) is 8.16. The Morgan fingerprint density at radius 3 is 2.43 bits per heavy atom. The van der Waals surface area contributed by atoms with Crippen molar-refractivity contribution in [1.29, 1.82) is 0 Å². The molecule has 2 heterocycles. The van der Waals surface area contributed by atoms with Crippen LogP contribution in [0.4, 0.5) is 0 Å². The number of carbonyl (C=O) groups excluding carboxylic acids is 1. The highest BCUT2D eigenvalue weighted by Gasteiger charge is 2.35. The Labute approximate surface area is 215 Å². The highest BCUT2D eigenvalue weighted by molar-refractivity contribution is 7.91. The summed E-state index contributed by atoms with van der Waals surface area (Å²) in [6, 6.07) is 7.63. The molecule has 1 aliphatic rings. The number of aromatic nitrogens is 2. The molecule has 2 aromatic carbocycles. The number of hydrogen-bond donors (Lipinski definition) is 0. The molecule has 0 saturated carbocycles. The topological polar surface area (TPSA) is 134 Å². The van der Waals surface area contributed by atoms with Crippen LogP contribution in [0.25, 0.3) is 0 Å². The van der Waals surface area contributed by atoms with Gasteiger partial charge in [0, 0.05) is 24.1 Å². The van der Waals surface area contributed by atoms with Gasteiger partial charge in [0.1, 0.15) is 17.6 Å². The highest BCUT2D eigenvalue weighted by atomic mass is 32.2. The largest absolute Gasteiger partial charge is 0.399 e. The average Bonchev–Trinajstić information content (AvgIpc) is 3.24. The van der Waals surface area contributed by atoms with Crippen LogP contribution in [0.15, 0.2) is 51.5 Å². The number of rotatable bonds is 7. The quantitative estimate of drug-likeness (QED) is 0.251. The molecule has 0 radical (unpaired) electrons. The zero-order valence-electron chi connectivity index (χ0n) is 21.1. The molecule has 0 unspecified atom stereocenters. The van der Waals surface area contributed by atoms with Crippen LogP contribution in [0.2, 0.25) is 0 Å². The molecule has 3 aromatic rings. The summed E-state index contributed by atoms with van der Waals surface area (Å²) in [7, 11) is -6.49. The van der Waals surface area contributed by atoms with Gasteiger partial charge in [-0.3, -0.25) is 4.79 Å². The van der Waals surface area contributed by atoms with Crippen molar-refractivity contribution in [2.45, 2.75) is 50.5 Å². The van der Waals surface area contributed by atoms with Gasteiger partial charge in [-0.15, -0.1) is 0 Å². The van der Waals surface area contributed by atoms with Crippen LogP contribution < -0.4 is 4.18 Å². The zero-order chi connectivity index (χ0) is 27.1. The van der Waals surface area contributed by atoms with Crippen molar-refractivity contribution in [1.82, 2.24) is 9.78 Å². The van der Waals surface area contributed by atoms with Crippen molar-refractivity contribution in [2.75, 3.05) is 12.9 Å².